The summed E-state index contributed by atoms with van der Waals surface area (Å²) in [7, 11) is 1.68. The molecule has 12 heavy (non-hydrogen) atoms. The van der Waals surface area contributed by atoms with E-state index in [1.807, 2.05) is 11.6 Å². The van der Waals surface area contributed by atoms with Gasteiger partial charge in [0, 0.05) is 12.1 Å². The highest BCUT2D eigenvalue weighted by Gasteiger charge is 2.23. The minimum atomic E-state index is 0.826. The Bertz CT molecular complexity index is 276. The van der Waals surface area contributed by atoms with Gasteiger partial charge in [0.15, 0.2) is 0 Å². The first kappa shape index (κ1) is 7.65. The Balaban J connectivity index is 2.16. The first-order valence-electron chi connectivity index (χ1n) is 4.30. The maximum absolute atomic E-state index is 5.21. The molecule has 1 fully saturated rings. The molecule has 3 nitrogen and oxygen atoms in total. The standard InChI is InChI=1S/C9H13N2O/c1-7-5-10-11(9(7)12-2)6-8-3-4-8/h8H,3-4,6H2,1-2H3. The van der Waals surface area contributed by atoms with Crippen LogP contribution in [0.15, 0.2) is 0 Å². The zero-order valence-corrected chi connectivity index (χ0v) is 7.50. The molecule has 1 heterocycles. The van der Waals surface area contributed by atoms with Gasteiger partial charge < -0.3 is 4.74 Å². The molecule has 1 saturated carbocycles. The number of rotatable bonds is 3. The van der Waals surface area contributed by atoms with Crippen LogP contribution in [-0.4, -0.2) is 16.9 Å². The molecule has 0 aromatic carbocycles. The summed E-state index contributed by atoms with van der Waals surface area (Å²) in [5.41, 5.74) is 0.998. The smallest absolute Gasteiger partial charge is 0.215 e. The third-order valence-corrected chi connectivity index (χ3v) is 2.22. The van der Waals surface area contributed by atoms with E-state index in [2.05, 4.69) is 11.3 Å². The van der Waals surface area contributed by atoms with Crippen molar-refractivity contribution in [3.63, 3.8) is 0 Å². The van der Waals surface area contributed by atoms with Crippen LogP contribution < -0.4 is 4.74 Å². The van der Waals surface area contributed by atoms with Crippen molar-refractivity contribution in [3.05, 3.63) is 11.8 Å². The number of nitrogens with zero attached hydrogens (tertiary/aromatic N) is 2. The lowest BCUT2D eigenvalue weighted by Crippen LogP contribution is -2.04. The Kier molecular flexibility index (Phi) is 1.79. The van der Waals surface area contributed by atoms with Gasteiger partial charge in [-0.15, -0.1) is 0 Å². The first-order chi connectivity index (χ1) is 5.81. The van der Waals surface area contributed by atoms with Gasteiger partial charge in [0.05, 0.1) is 7.11 Å². The second-order valence-corrected chi connectivity index (χ2v) is 3.37. The molecule has 0 atom stereocenters. The fraction of sp³-hybridized carbons (Fsp3) is 0.667. The molecular weight excluding hydrogens is 152 g/mol. The predicted molar refractivity (Wildman–Crippen MR) is 45.1 cm³/mol. The monoisotopic (exact) mass is 165 g/mol. The lowest BCUT2D eigenvalue weighted by molar-refractivity contribution is 0.352. The van der Waals surface area contributed by atoms with Gasteiger partial charge in [0.2, 0.25) is 5.88 Å². The molecule has 0 N–H and O–H groups in total. The zero-order chi connectivity index (χ0) is 8.55. The summed E-state index contributed by atoms with van der Waals surface area (Å²) in [6, 6.07) is 0. The quantitative estimate of drug-likeness (QED) is 0.677. The Morgan fingerprint density at radius 1 is 1.67 bits per heavy atom. The SMILES string of the molecule is COc1c(C)[c]nn1CC1CC1. The summed E-state index contributed by atoms with van der Waals surface area (Å²) in [5.74, 6) is 1.69. The Morgan fingerprint density at radius 3 is 3.00 bits per heavy atom. The lowest BCUT2D eigenvalue weighted by Gasteiger charge is -2.04. The first-order valence-corrected chi connectivity index (χ1v) is 4.30. The summed E-state index contributed by atoms with van der Waals surface area (Å²) in [6.45, 7) is 2.96. The maximum Gasteiger partial charge on any atom is 0.215 e. The number of hydrogen-bond acceptors (Lipinski definition) is 2. The van der Waals surface area contributed by atoms with Gasteiger partial charge in [-0.05, 0) is 25.7 Å². The highest BCUT2D eigenvalue weighted by atomic mass is 16.5. The van der Waals surface area contributed by atoms with Crippen molar-refractivity contribution in [1.29, 1.82) is 0 Å². The van der Waals surface area contributed by atoms with Gasteiger partial charge in [-0.3, -0.25) is 0 Å². The number of aromatic nitrogens is 2. The van der Waals surface area contributed by atoms with E-state index in [-0.39, 0.29) is 0 Å². The van der Waals surface area contributed by atoms with Crippen LogP contribution in [0, 0.1) is 19.0 Å². The van der Waals surface area contributed by atoms with Gasteiger partial charge in [0.25, 0.3) is 0 Å². The average Bonchev–Trinajstić information content (AvgIpc) is 2.78. The van der Waals surface area contributed by atoms with Crippen molar-refractivity contribution in [2.75, 3.05) is 7.11 Å². The third kappa shape index (κ3) is 1.31. The lowest BCUT2D eigenvalue weighted by atomic mass is 10.4. The number of aryl methyl sites for hydroxylation is 1. The molecule has 1 aromatic rings. The van der Waals surface area contributed by atoms with E-state index < -0.39 is 0 Å². The Hall–Kier alpha value is -0.990. The van der Waals surface area contributed by atoms with Crippen molar-refractivity contribution in [1.82, 2.24) is 9.78 Å². The minimum Gasteiger partial charge on any atom is -0.481 e. The van der Waals surface area contributed by atoms with E-state index in [1.165, 1.54) is 12.8 Å². The molecule has 1 aliphatic rings. The van der Waals surface area contributed by atoms with Gasteiger partial charge in [0.1, 0.15) is 6.20 Å². The second kappa shape index (κ2) is 2.81. The minimum absolute atomic E-state index is 0.826. The summed E-state index contributed by atoms with van der Waals surface area (Å²) >= 11 is 0. The largest absolute Gasteiger partial charge is 0.481 e. The number of ether oxygens (including phenoxy) is 1. The fourth-order valence-corrected chi connectivity index (χ4v) is 1.35. The molecule has 1 aromatic heterocycles. The van der Waals surface area contributed by atoms with Crippen molar-refractivity contribution < 1.29 is 4.74 Å². The van der Waals surface area contributed by atoms with Crippen molar-refractivity contribution >= 4 is 0 Å². The topological polar surface area (TPSA) is 27.1 Å². The molecule has 65 valence electrons. The number of methoxy groups -OCH3 is 1. The van der Waals surface area contributed by atoms with E-state index in [4.69, 9.17) is 4.74 Å². The predicted octanol–water partition coefficient (Wildman–Crippen LogP) is 1.41. The van der Waals surface area contributed by atoms with Crippen molar-refractivity contribution in [2.45, 2.75) is 26.3 Å². The van der Waals surface area contributed by atoms with E-state index in [0.29, 0.717) is 0 Å². The Morgan fingerprint density at radius 2 is 2.42 bits per heavy atom. The van der Waals surface area contributed by atoms with Gasteiger partial charge in [-0.25, -0.2) is 4.68 Å². The summed E-state index contributed by atoms with van der Waals surface area (Å²) in [6.07, 6.45) is 5.58. The second-order valence-electron chi connectivity index (χ2n) is 3.37. The van der Waals surface area contributed by atoms with E-state index in [9.17, 15) is 0 Å². The van der Waals surface area contributed by atoms with Crippen LogP contribution in [0.4, 0.5) is 0 Å². The fourth-order valence-electron chi connectivity index (χ4n) is 1.35. The highest BCUT2D eigenvalue weighted by molar-refractivity contribution is 5.21. The van der Waals surface area contributed by atoms with Gasteiger partial charge >= 0.3 is 0 Å². The molecule has 3 heteroatoms. The van der Waals surface area contributed by atoms with Crippen LogP contribution in [-0.2, 0) is 6.54 Å². The van der Waals surface area contributed by atoms with E-state index >= 15 is 0 Å². The summed E-state index contributed by atoms with van der Waals surface area (Å²) in [4.78, 5) is 0. The third-order valence-electron chi connectivity index (χ3n) is 2.22. The molecular formula is C9H13N2O. The van der Waals surface area contributed by atoms with Crippen LogP contribution in [0.25, 0.3) is 0 Å². The summed E-state index contributed by atoms with van der Waals surface area (Å²) in [5, 5.41) is 4.13. The van der Waals surface area contributed by atoms with Crippen LogP contribution in [0.2, 0.25) is 0 Å². The van der Waals surface area contributed by atoms with E-state index in [0.717, 1.165) is 23.9 Å². The molecule has 0 spiro atoms. The molecule has 0 amide bonds. The normalized spacial score (nSPS) is 16.5. The van der Waals surface area contributed by atoms with Crippen LogP contribution >= 0.6 is 0 Å². The average molecular weight is 165 g/mol. The molecule has 1 aliphatic carbocycles. The van der Waals surface area contributed by atoms with Crippen molar-refractivity contribution in [3.8, 4) is 5.88 Å². The molecule has 0 unspecified atom stereocenters. The van der Waals surface area contributed by atoms with Crippen LogP contribution in [0.3, 0.4) is 0 Å². The molecule has 0 saturated heterocycles. The summed E-state index contributed by atoms with van der Waals surface area (Å²) < 4.78 is 7.12. The van der Waals surface area contributed by atoms with Crippen molar-refractivity contribution in [2.24, 2.45) is 5.92 Å². The van der Waals surface area contributed by atoms with Crippen LogP contribution in [0.5, 0.6) is 5.88 Å². The highest BCUT2D eigenvalue weighted by Crippen LogP contribution is 2.32. The van der Waals surface area contributed by atoms with Gasteiger partial charge in [-0.1, -0.05) is 0 Å². The zero-order valence-electron chi connectivity index (χ0n) is 7.50. The maximum atomic E-state index is 5.21. The number of hydrogen-bond donors (Lipinski definition) is 0. The van der Waals surface area contributed by atoms with E-state index in [1.54, 1.807) is 7.11 Å². The van der Waals surface area contributed by atoms with Crippen LogP contribution in [0.1, 0.15) is 18.4 Å². The molecule has 2 rings (SSSR count). The van der Waals surface area contributed by atoms with Gasteiger partial charge in [-0.2, -0.15) is 5.10 Å². The Labute approximate surface area is 72.3 Å². The molecule has 0 bridgehead atoms. The molecule has 0 aliphatic heterocycles. The molecule has 1 radical (unpaired) electrons.